The van der Waals surface area contributed by atoms with Crippen molar-refractivity contribution in [3.05, 3.63) is 0 Å². The standard InChI is InChI=1S/C9H17N3O3/c1-6-4-7(2-3-15-6)11-9(13)5-8(10)12-14/h6-7,14H,2-5H2,1H3,(H2,10,12)(H,11,13). The fourth-order valence-electron chi connectivity index (χ4n) is 1.61. The van der Waals surface area contributed by atoms with Gasteiger partial charge in [-0.25, -0.2) is 0 Å². The zero-order chi connectivity index (χ0) is 11.3. The van der Waals surface area contributed by atoms with Crippen LogP contribution < -0.4 is 11.1 Å². The maximum absolute atomic E-state index is 11.4. The van der Waals surface area contributed by atoms with Crippen molar-refractivity contribution in [2.75, 3.05) is 6.61 Å². The normalized spacial score (nSPS) is 27.4. The van der Waals surface area contributed by atoms with Crippen molar-refractivity contribution in [3.63, 3.8) is 0 Å². The van der Waals surface area contributed by atoms with Crippen LogP contribution in [-0.2, 0) is 9.53 Å². The number of amides is 1. The van der Waals surface area contributed by atoms with Crippen molar-refractivity contribution in [1.29, 1.82) is 0 Å². The molecule has 1 aliphatic heterocycles. The summed E-state index contributed by atoms with van der Waals surface area (Å²) in [4.78, 5) is 11.4. The molecule has 0 radical (unpaired) electrons. The number of ether oxygens (including phenoxy) is 1. The van der Waals surface area contributed by atoms with E-state index in [1.165, 1.54) is 0 Å². The summed E-state index contributed by atoms with van der Waals surface area (Å²) >= 11 is 0. The fraction of sp³-hybridized carbons (Fsp3) is 0.778. The van der Waals surface area contributed by atoms with Crippen LogP contribution in [0, 0.1) is 0 Å². The fourth-order valence-corrected chi connectivity index (χ4v) is 1.61. The third-order valence-electron chi connectivity index (χ3n) is 2.32. The number of nitrogens with two attached hydrogens (primary N) is 1. The largest absolute Gasteiger partial charge is 0.409 e. The molecule has 4 N–H and O–H groups in total. The molecule has 0 spiro atoms. The molecule has 0 aromatic rings. The van der Waals surface area contributed by atoms with Gasteiger partial charge >= 0.3 is 0 Å². The molecule has 2 atom stereocenters. The molecule has 1 aliphatic rings. The van der Waals surface area contributed by atoms with Gasteiger partial charge in [0.1, 0.15) is 5.84 Å². The molecule has 1 fully saturated rings. The van der Waals surface area contributed by atoms with E-state index in [4.69, 9.17) is 15.7 Å². The maximum atomic E-state index is 11.4. The monoisotopic (exact) mass is 215 g/mol. The van der Waals surface area contributed by atoms with Gasteiger partial charge in [-0.2, -0.15) is 0 Å². The van der Waals surface area contributed by atoms with Gasteiger partial charge in [-0.1, -0.05) is 5.16 Å². The van der Waals surface area contributed by atoms with E-state index in [0.717, 1.165) is 12.8 Å². The highest BCUT2D eigenvalue weighted by Gasteiger charge is 2.20. The van der Waals surface area contributed by atoms with Crippen molar-refractivity contribution >= 4 is 11.7 Å². The average Bonchev–Trinajstić information content (AvgIpc) is 2.17. The number of carbonyl (C=O) groups excluding carboxylic acids is 1. The van der Waals surface area contributed by atoms with Gasteiger partial charge in [0, 0.05) is 12.6 Å². The number of oxime groups is 1. The minimum atomic E-state index is -0.218. The molecular weight excluding hydrogens is 198 g/mol. The molecule has 1 heterocycles. The quantitative estimate of drug-likeness (QED) is 0.263. The molecule has 0 aliphatic carbocycles. The van der Waals surface area contributed by atoms with Gasteiger partial charge in [-0.05, 0) is 19.8 Å². The smallest absolute Gasteiger partial charge is 0.227 e. The summed E-state index contributed by atoms with van der Waals surface area (Å²) in [7, 11) is 0. The van der Waals surface area contributed by atoms with Gasteiger partial charge in [0.2, 0.25) is 5.91 Å². The number of amidine groups is 1. The molecule has 15 heavy (non-hydrogen) atoms. The van der Waals surface area contributed by atoms with Crippen molar-refractivity contribution in [2.45, 2.75) is 38.3 Å². The Labute approximate surface area is 88.5 Å². The van der Waals surface area contributed by atoms with Gasteiger partial charge in [0.25, 0.3) is 0 Å². The lowest BCUT2D eigenvalue weighted by Crippen LogP contribution is -2.42. The van der Waals surface area contributed by atoms with Crippen LogP contribution in [0.1, 0.15) is 26.2 Å². The Morgan fingerprint density at radius 2 is 2.47 bits per heavy atom. The topological polar surface area (TPSA) is 96.9 Å². The molecule has 6 heteroatoms. The lowest BCUT2D eigenvalue weighted by atomic mass is 10.0. The summed E-state index contributed by atoms with van der Waals surface area (Å²) in [5.74, 6) is -0.294. The Bertz CT molecular complexity index is 255. The number of carbonyl (C=O) groups is 1. The van der Waals surface area contributed by atoms with Crippen LogP contribution in [0.25, 0.3) is 0 Å². The average molecular weight is 215 g/mol. The van der Waals surface area contributed by atoms with Crippen LogP contribution in [-0.4, -0.2) is 35.7 Å². The second kappa shape index (κ2) is 5.55. The molecule has 6 nitrogen and oxygen atoms in total. The predicted octanol–water partition coefficient (Wildman–Crippen LogP) is -0.193. The first-order valence-corrected chi connectivity index (χ1v) is 4.99. The van der Waals surface area contributed by atoms with E-state index in [1.807, 2.05) is 6.92 Å². The zero-order valence-electron chi connectivity index (χ0n) is 8.77. The predicted molar refractivity (Wildman–Crippen MR) is 54.6 cm³/mol. The van der Waals surface area contributed by atoms with Gasteiger partial charge in [0.05, 0.1) is 12.5 Å². The molecule has 1 rings (SSSR count). The van der Waals surface area contributed by atoms with Crippen molar-refractivity contribution in [1.82, 2.24) is 5.32 Å². The first-order chi connectivity index (χ1) is 7.11. The molecule has 0 aromatic heterocycles. The summed E-state index contributed by atoms with van der Waals surface area (Å²) in [5, 5.41) is 13.9. The van der Waals surface area contributed by atoms with E-state index in [1.54, 1.807) is 0 Å². The molecule has 2 unspecified atom stereocenters. The van der Waals surface area contributed by atoms with Crippen LogP contribution in [0.15, 0.2) is 5.16 Å². The first-order valence-electron chi connectivity index (χ1n) is 4.99. The highest BCUT2D eigenvalue weighted by Crippen LogP contribution is 2.12. The third-order valence-corrected chi connectivity index (χ3v) is 2.32. The highest BCUT2D eigenvalue weighted by atomic mass is 16.5. The second-order valence-corrected chi connectivity index (χ2v) is 3.74. The zero-order valence-corrected chi connectivity index (χ0v) is 8.77. The van der Waals surface area contributed by atoms with Gasteiger partial charge in [0.15, 0.2) is 0 Å². The summed E-state index contributed by atoms with van der Waals surface area (Å²) in [5.41, 5.74) is 5.22. The van der Waals surface area contributed by atoms with Crippen LogP contribution >= 0.6 is 0 Å². The minimum absolute atomic E-state index is 0.0672. The van der Waals surface area contributed by atoms with Crippen LogP contribution in [0.4, 0.5) is 0 Å². The molecule has 0 saturated carbocycles. The van der Waals surface area contributed by atoms with E-state index >= 15 is 0 Å². The van der Waals surface area contributed by atoms with Crippen molar-refractivity contribution in [3.8, 4) is 0 Å². The second-order valence-electron chi connectivity index (χ2n) is 3.74. The third kappa shape index (κ3) is 4.16. The number of hydrogen-bond acceptors (Lipinski definition) is 4. The summed E-state index contributed by atoms with van der Waals surface area (Å²) in [6.45, 7) is 2.64. The van der Waals surface area contributed by atoms with Crippen molar-refractivity contribution in [2.24, 2.45) is 10.9 Å². The molecule has 1 amide bonds. The lowest BCUT2D eigenvalue weighted by molar-refractivity contribution is -0.121. The molecule has 0 aromatic carbocycles. The molecular formula is C9H17N3O3. The van der Waals surface area contributed by atoms with E-state index in [2.05, 4.69) is 10.5 Å². The summed E-state index contributed by atoms with van der Waals surface area (Å²) in [6, 6.07) is 0.132. The van der Waals surface area contributed by atoms with E-state index in [-0.39, 0.29) is 30.3 Å². The van der Waals surface area contributed by atoms with Gasteiger partial charge in [-0.15, -0.1) is 0 Å². The van der Waals surface area contributed by atoms with E-state index < -0.39 is 0 Å². The number of nitrogens with one attached hydrogen (secondary N) is 1. The van der Waals surface area contributed by atoms with E-state index in [0.29, 0.717) is 6.61 Å². The molecule has 86 valence electrons. The van der Waals surface area contributed by atoms with Gasteiger partial charge in [-0.3, -0.25) is 4.79 Å². The summed E-state index contributed by atoms with van der Waals surface area (Å²) in [6.07, 6.45) is 1.73. The number of nitrogens with zero attached hydrogens (tertiary/aromatic N) is 1. The highest BCUT2D eigenvalue weighted by molar-refractivity contribution is 5.98. The van der Waals surface area contributed by atoms with Crippen LogP contribution in [0.2, 0.25) is 0 Å². The van der Waals surface area contributed by atoms with Crippen LogP contribution in [0.5, 0.6) is 0 Å². The number of hydrogen-bond donors (Lipinski definition) is 3. The molecule has 1 saturated heterocycles. The minimum Gasteiger partial charge on any atom is -0.409 e. The van der Waals surface area contributed by atoms with Crippen molar-refractivity contribution < 1.29 is 14.7 Å². The SMILES string of the molecule is CC1CC(NC(=O)CC(N)=NO)CCO1. The number of rotatable bonds is 3. The Balaban J connectivity index is 2.31. The Hall–Kier alpha value is -1.30. The maximum Gasteiger partial charge on any atom is 0.227 e. The molecule has 0 bridgehead atoms. The first kappa shape index (κ1) is 11.8. The Morgan fingerprint density at radius 1 is 1.73 bits per heavy atom. The Morgan fingerprint density at radius 3 is 3.07 bits per heavy atom. The summed E-state index contributed by atoms with van der Waals surface area (Å²) < 4.78 is 5.35. The van der Waals surface area contributed by atoms with Crippen LogP contribution in [0.3, 0.4) is 0 Å². The lowest BCUT2D eigenvalue weighted by Gasteiger charge is -2.27. The Kier molecular flexibility index (Phi) is 4.36. The van der Waals surface area contributed by atoms with Gasteiger partial charge < -0.3 is 21.0 Å². The van der Waals surface area contributed by atoms with E-state index in [9.17, 15) is 4.79 Å².